The summed E-state index contributed by atoms with van der Waals surface area (Å²) in [5.41, 5.74) is 2.69. The highest BCUT2D eigenvalue weighted by molar-refractivity contribution is 6.42. The molecule has 0 spiro atoms. The minimum absolute atomic E-state index is 0.0309. The van der Waals surface area contributed by atoms with E-state index in [4.69, 9.17) is 27.6 Å². The predicted molar refractivity (Wildman–Crippen MR) is 190 cm³/mol. The summed E-state index contributed by atoms with van der Waals surface area (Å²) in [5.74, 6) is 0.462. The zero-order valence-electron chi connectivity index (χ0n) is 26.7. The number of furan rings is 1. The zero-order chi connectivity index (χ0) is 33.8. The summed E-state index contributed by atoms with van der Waals surface area (Å²) in [5, 5.41) is 33.9. The largest absolute Gasteiger partial charge is 0.459 e. The Hall–Kier alpha value is -3.94. The fraction of sp³-hybridized carbons (Fsp3) is 0.316. The van der Waals surface area contributed by atoms with Gasteiger partial charge in [0.1, 0.15) is 11.3 Å². The number of carbonyl (C=O) groups is 1. The number of aliphatic hydroxyl groups excluding tert-OH is 2. The van der Waals surface area contributed by atoms with Crippen LogP contribution in [0.2, 0.25) is 10.0 Å². The third-order valence-electron chi connectivity index (χ3n) is 9.36. The normalized spacial score (nSPS) is 16.1. The molecule has 248 valence electrons. The summed E-state index contributed by atoms with van der Waals surface area (Å²) >= 11 is 12.7. The summed E-state index contributed by atoms with van der Waals surface area (Å²) < 4.78 is 6.11. The molecule has 1 saturated heterocycles. The van der Waals surface area contributed by atoms with Gasteiger partial charge >= 0.3 is 0 Å². The lowest BCUT2D eigenvalue weighted by atomic mass is 9.94. The van der Waals surface area contributed by atoms with Crippen molar-refractivity contribution < 1.29 is 19.4 Å². The molecule has 0 saturated carbocycles. The average molecular weight is 686 g/mol. The summed E-state index contributed by atoms with van der Waals surface area (Å²) in [6.45, 7) is 3.78. The van der Waals surface area contributed by atoms with Gasteiger partial charge in [-0.25, -0.2) is 0 Å². The van der Waals surface area contributed by atoms with Crippen molar-refractivity contribution in [2.75, 3.05) is 52.9 Å². The second-order valence-electron chi connectivity index (χ2n) is 12.5. The number of aliphatic hydroxyl groups is 2. The highest BCUT2D eigenvalue weighted by Gasteiger charge is 2.33. The van der Waals surface area contributed by atoms with Crippen molar-refractivity contribution in [1.29, 1.82) is 5.26 Å². The fourth-order valence-corrected chi connectivity index (χ4v) is 7.07. The first-order chi connectivity index (χ1) is 23.2. The number of nitriles is 1. The number of piperazine rings is 1. The van der Waals surface area contributed by atoms with Crippen LogP contribution in [0.25, 0.3) is 21.7 Å². The number of hydrogen-bond acceptors (Lipinski definition) is 7. The number of amides is 1. The molecule has 2 N–H and O–H groups in total. The van der Waals surface area contributed by atoms with Crippen molar-refractivity contribution in [3.05, 3.63) is 117 Å². The summed E-state index contributed by atoms with van der Waals surface area (Å²) in [6.07, 6.45) is -0.212. The van der Waals surface area contributed by atoms with Gasteiger partial charge < -0.3 is 24.4 Å². The van der Waals surface area contributed by atoms with Crippen molar-refractivity contribution in [2.45, 2.75) is 24.5 Å². The number of benzene rings is 4. The van der Waals surface area contributed by atoms with Gasteiger partial charge in [0.2, 0.25) is 0 Å². The average Bonchev–Trinajstić information content (AvgIpc) is 3.54. The van der Waals surface area contributed by atoms with Crippen LogP contribution in [-0.4, -0.2) is 89.8 Å². The van der Waals surface area contributed by atoms with Crippen molar-refractivity contribution in [3.63, 3.8) is 0 Å². The Balaban J connectivity index is 1.16. The predicted octanol–water partition coefficient (Wildman–Crippen LogP) is 6.72. The van der Waals surface area contributed by atoms with Crippen molar-refractivity contribution in [1.82, 2.24) is 14.7 Å². The minimum Gasteiger partial charge on any atom is -0.459 e. The Labute approximate surface area is 290 Å². The topological polar surface area (TPSA) is 104 Å². The molecule has 0 radical (unpaired) electrons. The molecule has 48 heavy (non-hydrogen) atoms. The van der Waals surface area contributed by atoms with Crippen molar-refractivity contribution >= 4 is 50.9 Å². The van der Waals surface area contributed by atoms with Crippen molar-refractivity contribution in [3.8, 4) is 6.07 Å². The molecule has 1 fully saturated rings. The van der Waals surface area contributed by atoms with Crippen LogP contribution in [0.1, 0.15) is 45.6 Å². The Morgan fingerprint density at radius 1 is 0.958 bits per heavy atom. The molecule has 8 nitrogen and oxygen atoms in total. The van der Waals surface area contributed by atoms with E-state index in [9.17, 15) is 20.3 Å². The van der Waals surface area contributed by atoms with Crippen LogP contribution < -0.4 is 0 Å². The van der Waals surface area contributed by atoms with E-state index < -0.39 is 12.1 Å². The molecule has 5 aromatic rings. The minimum atomic E-state index is -0.977. The number of carbonyl (C=O) groups excluding carboxylic acids is 1. The van der Waals surface area contributed by atoms with Gasteiger partial charge in [0, 0.05) is 56.6 Å². The van der Waals surface area contributed by atoms with E-state index in [0.29, 0.717) is 46.6 Å². The van der Waals surface area contributed by atoms with Crippen LogP contribution in [0.4, 0.5) is 0 Å². The van der Waals surface area contributed by atoms with E-state index in [1.54, 1.807) is 30.1 Å². The van der Waals surface area contributed by atoms with E-state index in [-0.39, 0.29) is 18.4 Å². The number of fused-ring (bicyclic) bond motifs is 2. The number of para-hydroxylation sites is 1. The monoisotopic (exact) mass is 684 g/mol. The molecule has 1 aliphatic heterocycles. The van der Waals surface area contributed by atoms with E-state index in [1.165, 1.54) is 0 Å². The Kier molecular flexibility index (Phi) is 10.7. The Bertz CT molecular complexity index is 1920. The van der Waals surface area contributed by atoms with Crippen molar-refractivity contribution in [2.24, 2.45) is 0 Å². The molecule has 0 unspecified atom stereocenters. The van der Waals surface area contributed by atoms with Crippen LogP contribution in [0.5, 0.6) is 0 Å². The van der Waals surface area contributed by atoms with Gasteiger partial charge in [0.15, 0.2) is 0 Å². The second kappa shape index (κ2) is 15.1. The third-order valence-corrected chi connectivity index (χ3v) is 10.1. The van der Waals surface area contributed by atoms with E-state index >= 15 is 0 Å². The highest BCUT2D eigenvalue weighted by atomic mass is 35.5. The lowest BCUT2D eigenvalue weighted by molar-refractivity contribution is -0.0173. The SMILES string of the molecule is CN(C[C@@H](CCN1CCN([C@@H](c2cc3ccccc3o2)[C@H](O)CO)CC1)c1ccc(Cl)c(Cl)c1)C(=O)c1cc(C#N)cc2ccccc12. The summed E-state index contributed by atoms with van der Waals surface area (Å²) in [4.78, 5) is 20.2. The van der Waals surface area contributed by atoms with Gasteiger partial charge in [-0.2, -0.15) is 5.26 Å². The molecule has 1 aromatic heterocycles. The fourth-order valence-electron chi connectivity index (χ4n) is 6.77. The number of hydrogen-bond donors (Lipinski definition) is 2. The van der Waals surface area contributed by atoms with Crippen LogP contribution in [0, 0.1) is 11.3 Å². The molecule has 3 atom stereocenters. The first-order valence-electron chi connectivity index (χ1n) is 16.1. The maximum absolute atomic E-state index is 13.9. The van der Waals surface area contributed by atoms with Gasteiger partial charge in [-0.3, -0.25) is 9.69 Å². The summed E-state index contributed by atoms with van der Waals surface area (Å²) in [7, 11) is 1.80. The van der Waals surface area contributed by atoms with Crippen LogP contribution >= 0.6 is 23.2 Å². The van der Waals surface area contributed by atoms with E-state index in [0.717, 1.165) is 53.4 Å². The molecular formula is C38H38Cl2N4O4. The van der Waals surface area contributed by atoms with Crippen LogP contribution in [-0.2, 0) is 0 Å². The first-order valence-corrected chi connectivity index (χ1v) is 16.9. The standard InChI is InChI=1S/C38H38Cl2N4O4/c1-42(38(47)31-19-25(22-41)18-27-6-2-4-8-30(27)31)23-29(26-10-11-32(39)33(40)20-26)12-13-43-14-16-44(17-15-43)37(34(46)24-45)36-21-28-7-3-5-9-35(28)48-36/h2-11,18-21,29,34,37,45-46H,12-17,23-24H2,1H3/t29-,34-,37-/m1/s1. The second-order valence-corrected chi connectivity index (χ2v) is 13.3. The maximum Gasteiger partial charge on any atom is 0.254 e. The summed E-state index contributed by atoms with van der Waals surface area (Å²) in [6, 6.07) is 28.1. The molecule has 0 aliphatic carbocycles. The molecule has 1 amide bonds. The number of likely N-dealkylation sites (N-methyl/N-ethyl adjacent to an activating group) is 1. The zero-order valence-corrected chi connectivity index (χ0v) is 28.2. The lowest BCUT2D eigenvalue weighted by Crippen LogP contribution is -2.50. The number of rotatable bonds is 11. The molecule has 6 rings (SSSR count). The number of nitrogens with zero attached hydrogens (tertiary/aromatic N) is 4. The molecule has 10 heteroatoms. The van der Waals surface area contributed by atoms with Crippen LogP contribution in [0.15, 0.2) is 89.3 Å². The van der Waals surface area contributed by atoms with Gasteiger partial charge in [0.25, 0.3) is 5.91 Å². The van der Waals surface area contributed by atoms with Gasteiger partial charge in [-0.1, -0.05) is 71.7 Å². The lowest BCUT2D eigenvalue weighted by Gasteiger charge is -2.40. The molecular weight excluding hydrogens is 647 g/mol. The van der Waals surface area contributed by atoms with Crippen LogP contribution in [0.3, 0.4) is 0 Å². The molecule has 1 aliphatic rings. The molecule has 4 aromatic carbocycles. The van der Waals surface area contributed by atoms with Gasteiger partial charge in [-0.15, -0.1) is 0 Å². The maximum atomic E-state index is 13.9. The Morgan fingerprint density at radius 2 is 1.69 bits per heavy atom. The smallest absolute Gasteiger partial charge is 0.254 e. The third kappa shape index (κ3) is 7.37. The van der Waals surface area contributed by atoms with Gasteiger partial charge in [0.05, 0.1) is 40.4 Å². The number of halogens is 2. The van der Waals surface area contributed by atoms with Gasteiger partial charge in [-0.05, 0) is 65.7 Å². The first kappa shape index (κ1) is 33.9. The quantitative estimate of drug-likeness (QED) is 0.159. The highest BCUT2D eigenvalue weighted by Crippen LogP contribution is 2.33. The molecule has 2 heterocycles. The van der Waals surface area contributed by atoms with E-state index in [1.807, 2.05) is 66.7 Å². The Morgan fingerprint density at radius 3 is 2.40 bits per heavy atom. The molecule has 0 bridgehead atoms. The van der Waals surface area contributed by atoms with E-state index in [2.05, 4.69) is 15.9 Å².